The summed E-state index contributed by atoms with van der Waals surface area (Å²) >= 11 is 0. The van der Waals surface area contributed by atoms with Crippen LogP contribution in [0, 0.1) is 6.92 Å². The largest absolute Gasteiger partial charge is 0.490 e. The molecular formula is C29H29NO4. The zero-order valence-electron chi connectivity index (χ0n) is 20.0. The molecule has 0 radical (unpaired) electrons. The van der Waals surface area contributed by atoms with E-state index in [9.17, 15) is 4.79 Å². The van der Waals surface area contributed by atoms with Crippen molar-refractivity contribution in [3.63, 3.8) is 0 Å². The first kappa shape index (κ1) is 23.3. The van der Waals surface area contributed by atoms with E-state index >= 15 is 0 Å². The van der Waals surface area contributed by atoms with E-state index in [4.69, 9.17) is 14.2 Å². The standard InChI is InChI=1S/C29H29NO4/c1-5-32-27-17-21(10-15-26(27)33-18-24-9-7-6-8-20(24)4)16-25-29(31)34-28(30-25)23-13-11-22(12-14-23)19(2)3/h6-17,19H,5,18H2,1-4H3/b25-16-. The number of ether oxygens (including phenoxy) is 3. The molecule has 0 aliphatic carbocycles. The predicted octanol–water partition coefficient (Wildman–Crippen LogP) is 6.44. The topological polar surface area (TPSA) is 57.1 Å². The van der Waals surface area contributed by atoms with Crippen LogP contribution in [0.2, 0.25) is 0 Å². The van der Waals surface area contributed by atoms with Gasteiger partial charge in [0, 0.05) is 5.56 Å². The van der Waals surface area contributed by atoms with E-state index in [1.54, 1.807) is 6.08 Å². The van der Waals surface area contributed by atoms with Crippen LogP contribution in [0.15, 0.2) is 77.4 Å². The molecule has 0 spiro atoms. The Morgan fingerprint density at radius 3 is 2.44 bits per heavy atom. The predicted molar refractivity (Wildman–Crippen MR) is 134 cm³/mol. The molecule has 0 fully saturated rings. The summed E-state index contributed by atoms with van der Waals surface area (Å²) in [6.07, 6.45) is 1.70. The van der Waals surface area contributed by atoms with E-state index in [2.05, 4.69) is 31.8 Å². The normalized spacial score (nSPS) is 14.3. The van der Waals surface area contributed by atoms with Crippen LogP contribution < -0.4 is 9.47 Å². The number of esters is 1. The first-order valence-corrected chi connectivity index (χ1v) is 11.5. The number of cyclic esters (lactones) is 1. The fourth-order valence-corrected chi connectivity index (χ4v) is 3.63. The first-order valence-electron chi connectivity index (χ1n) is 11.5. The minimum atomic E-state index is -0.472. The van der Waals surface area contributed by atoms with Crippen LogP contribution in [0.5, 0.6) is 11.5 Å². The third-order valence-corrected chi connectivity index (χ3v) is 5.66. The second-order valence-corrected chi connectivity index (χ2v) is 8.47. The van der Waals surface area contributed by atoms with Crippen molar-refractivity contribution in [1.82, 2.24) is 0 Å². The van der Waals surface area contributed by atoms with Crippen molar-refractivity contribution in [3.8, 4) is 11.5 Å². The number of carbonyl (C=O) groups excluding carboxylic acids is 1. The molecule has 1 heterocycles. The van der Waals surface area contributed by atoms with Gasteiger partial charge in [0.1, 0.15) is 6.61 Å². The van der Waals surface area contributed by atoms with Crippen molar-refractivity contribution in [3.05, 3.63) is 100 Å². The van der Waals surface area contributed by atoms with E-state index in [1.807, 2.05) is 67.6 Å². The monoisotopic (exact) mass is 455 g/mol. The van der Waals surface area contributed by atoms with Gasteiger partial charge in [0.25, 0.3) is 0 Å². The second-order valence-electron chi connectivity index (χ2n) is 8.47. The summed E-state index contributed by atoms with van der Waals surface area (Å²) in [5.74, 6) is 1.54. The van der Waals surface area contributed by atoms with Gasteiger partial charge in [-0.05, 0) is 72.4 Å². The Balaban J connectivity index is 1.55. The van der Waals surface area contributed by atoms with E-state index in [0.717, 1.165) is 16.7 Å². The van der Waals surface area contributed by atoms with Gasteiger partial charge in [-0.1, -0.05) is 56.3 Å². The summed E-state index contributed by atoms with van der Waals surface area (Å²) in [7, 11) is 0. The number of hydrogen-bond donors (Lipinski definition) is 0. The fourth-order valence-electron chi connectivity index (χ4n) is 3.63. The average Bonchev–Trinajstić information content (AvgIpc) is 3.20. The fraction of sp³-hybridized carbons (Fsp3) is 0.241. The molecule has 0 bridgehead atoms. The number of hydrogen-bond acceptors (Lipinski definition) is 5. The number of carbonyl (C=O) groups is 1. The molecule has 3 aromatic rings. The number of aryl methyl sites for hydroxylation is 1. The number of rotatable bonds is 8. The van der Waals surface area contributed by atoms with Crippen LogP contribution in [0.4, 0.5) is 0 Å². The Hall–Kier alpha value is -3.86. The summed E-state index contributed by atoms with van der Waals surface area (Å²) in [6, 6.07) is 21.6. The Morgan fingerprint density at radius 1 is 0.971 bits per heavy atom. The lowest BCUT2D eigenvalue weighted by molar-refractivity contribution is -0.129. The quantitative estimate of drug-likeness (QED) is 0.290. The summed E-state index contributed by atoms with van der Waals surface area (Å²) in [5.41, 5.74) is 5.31. The first-order chi connectivity index (χ1) is 16.4. The number of benzene rings is 3. The highest BCUT2D eigenvalue weighted by atomic mass is 16.6. The lowest BCUT2D eigenvalue weighted by atomic mass is 10.0. The Labute approximate surface area is 200 Å². The van der Waals surface area contributed by atoms with Crippen LogP contribution in [0.25, 0.3) is 6.08 Å². The third kappa shape index (κ3) is 5.37. The zero-order chi connectivity index (χ0) is 24.1. The lowest BCUT2D eigenvalue weighted by Gasteiger charge is -2.13. The van der Waals surface area contributed by atoms with Gasteiger partial charge in [-0.15, -0.1) is 0 Å². The Kier molecular flexibility index (Phi) is 7.12. The SMILES string of the molecule is CCOc1cc(/C=C2\N=C(c3ccc(C(C)C)cc3)OC2=O)ccc1OCc1ccccc1C. The molecule has 0 aromatic heterocycles. The van der Waals surface area contributed by atoms with Crippen molar-refractivity contribution >= 4 is 17.9 Å². The highest BCUT2D eigenvalue weighted by Crippen LogP contribution is 2.31. The molecule has 0 unspecified atom stereocenters. The van der Waals surface area contributed by atoms with Gasteiger partial charge in [-0.3, -0.25) is 0 Å². The van der Waals surface area contributed by atoms with Crippen molar-refractivity contribution in [1.29, 1.82) is 0 Å². The van der Waals surface area contributed by atoms with Crippen LogP contribution in [0.1, 0.15) is 54.5 Å². The summed E-state index contributed by atoms with van der Waals surface area (Å²) in [6.45, 7) is 9.20. The maximum absolute atomic E-state index is 12.4. The van der Waals surface area contributed by atoms with Crippen molar-refractivity contribution in [2.45, 2.75) is 40.2 Å². The van der Waals surface area contributed by atoms with Crippen LogP contribution in [-0.4, -0.2) is 18.5 Å². The van der Waals surface area contributed by atoms with Gasteiger partial charge in [0.2, 0.25) is 5.90 Å². The third-order valence-electron chi connectivity index (χ3n) is 5.66. The highest BCUT2D eigenvalue weighted by molar-refractivity contribution is 6.12. The molecule has 5 heteroatoms. The molecule has 1 aliphatic rings. The number of nitrogens with zero attached hydrogens (tertiary/aromatic N) is 1. The van der Waals surface area contributed by atoms with Gasteiger partial charge < -0.3 is 14.2 Å². The van der Waals surface area contributed by atoms with Gasteiger partial charge in [0.05, 0.1) is 6.61 Å². The second kappa shape index (κ2) is 10.4. The van der Waals surface area contributed by atoms with E-state index in [1.165, 1.54) is 11.1 Å². The van der Waals surface area contributed by atoms with E-state index in [-0.39, 0.29) is 5.70 Å². The molecule has 0 amide bonds. The Bertz CT molecular complexity index is 1240. The molecule has 174 valence electrons. The van der Waals surface area contributed by atoms with E-state index in [0.29, 0.717) is 36.5 Å². The molecule has 3 aromatic carbocycles. The van der Waals surface area contributed by atoms with Gasteiger partial charge in [-0.25, -0.2) is 9.79 Å². The van der Waals surface area contributed by atoms with Crippen molar-refractivity contribution < 1.29 is 19.0 Å². The molecule has 34 heavy (non-hydrogen) atoms. The lowest BCUT2D eigenvalue weighted by Crippen LogP contribution is -2.05. The molecule has 0 saturated heterocycles. The molecule has 0 saturated carbocycles. The van der Waals surface area contributed by atoms with Gasteiger partial charge >= 0.3 is 5.97 Å². The molecule has 1 aliphatic heterocycles. The maximum atomic E-state index is 12.4. The minimum absolute atomic E-state index is 0.249. The van der Waals surface area contributed by atoms with Crippen LogP contribution in [0.3, 0.4) is 0 Å². The maximum Gasteiger partial charge on any atom is 0.363 e. The number of aliphatic imine (C=N–C) groups is 1. The molecule has 5 nitrogen and oxygen atoms in total. The molecular weight excluding hydrogens is 426 g/mol. The van der Waals surface area contributed by atoms with Crippen LogP contribution >= 0.6 is 0 Å². The minimum Gasteiger partial charge on any atom is -0.490 e. The zero-order valence-corrected chi connectivity index (χ0v) is 20.0. The summed E-state index contributed by atoms with van der Waals surface area (Å²) in [4.78, 5) is 16.9. The van der Waals surface area contributed by atoms with E-state index < -0.39 is 5.97 Å². The molecule has 0 atom stereocenters. The summed E-state index contributed by atoms with van der Waals surface area (Å²) < 4.78 is 17.3. The smallest absolute Gasteiger partial charge is 0.363 e. The summed E-state index contributed by atoms with van der Waals surface area (Å²) in [5, 5.41) is 0. The van der Waals surface area contributed by atoms with Gasteiger partial charge in [0.15, 0.2) is 17.2 Å². The van der Waals surface area contributed by atoms with Crippen LogP contribution in [-0.2, 0) is 16.1 Å². The Morgan fingerprint density at radius 2 is 1.74 bits per heavy atom. The molecule has 4 rings (SSSR count). The molecule has 0 N–H and O–H groups in total. The van der Waals surface area contributed by atoms with Crippen molar-refractivity contribution in [2.24, 2.45) is 4.99 Å². The average molecular weight is 456 g/mol. The highest BCUT2D eigenvalue weighted by Gasteiger charge is 2.24. The van der Waals surface area contributed by atoms with Gasteiger partial charge in [-0.2, -0.15) is 0 Å². The van der Waals surface area contributed by atoms with Crippen molar-refractivity contribution in [2.75, 3.05) is 6.61 Å².